The summed E-state index contributed by atoms with van der Waals surface area (Å²) in [6, 6.07) is 0.210. The fourth-order valence-electron chi connectivity index (χ4n) is 2.74. The van der Waals surface area contributed by atoms with Crippen molar-refractivity contribution < 1.29 is 9.00 Å². The second-order valence-corrected chi connectivity index (χ2v) is 7.10. The third-order valence-electron chi connectivity index (χ3n) is 3.57. The summed E-state index contributed by atoms with van der Waals surface area (Å²) >= 11 is 0. The van der Waals surface area contributed by atoms with Gasteiger partial charge in [-0.2, -0.15) is 0 Å². The first-order valence-electron chi connectivity index (χ1n) is 6.27. The second kappa shape index (κ2) is 5.96. The van der Waals surface area contributed by atoms with Gasteiger partial charge in [0.1, 0.15) is 5.75 Å². The zero-order valence-corrected chi connectivity index (χ0v) is 11.8. The minimum absolute atomic E-state index is 0.0113. The Bertz CT molecular complexity index is 305. The largest absolute Gasteiger partial charge is 0.369 e. The zero-order valence-electron chi connectivity index (χ0n) is 11.0. The third-order valence-corrected chi connectivity index (χ3v) is 5.32. The topological polar surface area (TPSA) is 72.2 Å². The van der Waals surface area contributed by atoms with Crippen molar-refractivity contribution in [2.75, 3.05) is 12.3 Å². The number of hydrogen-bond acceptors (Lipinski definition) is 3. The predicted molar refractivity (Wildman–Crippen MR) is 71.1 cm³/mol. The minimum Gasteiger partial charge on any atom is -0.369 e. The smallest absolute Gasteiger partial charge is 0.230 e. The van der Waals surface area contributed by atoms with Gasteiger partial charge in [0.25, 0.3) is 0 Å². The molecule has 0 spiro atoms. The molecule has 1 aliphatic rings. The quantitative estimate of drug-likeness (QED) is 0.767. The predicted octanol–water partition coefficient (Wildman–Crippen LogP) is 0.777. The molecule has 3 N–H and O–H groups in total. The first-order chi connectivity index (χ1) is 7.88. The molecule has 0 bridgehead atoms. The molecule has 0 aromatic heterocycles. The fourth-order valence-corrected chi connectivity index (χ4v) is 4.43. The Balaban J connectivity index is 2.80. The summed E-state index contributed by atoms with van der Waals surface area (Å²) in [5, 5.41) is 3.48. The Kier molecular flexibility index (Phi) is 5.13. The van der Waals surface area contributed by atoms with E-state index in [-0.39, 0.29) is 22.5 Å². The van der Waals surface area contributed by atoms with E-state index < -0.39 is 16.7 Å². The van der Waals surface area contributed by atoms with Crippen molar-refractivity contribution in [3.05, 3.63) is 0 Å². The Morgan fingerprint density at radius 1 is 1.53 bits per heavy atom. The van der Waals surface area contributed by atoms with E-state index in [1.165, 1.54) is 0 Å². The summed E-state index contributed by atoms with van der Waals surface area (Å²) in [6.07, 6.45) is 3.12. The van der Waals surface area contributed by atoms with Crippen molar-refractivity contribution in [1.82, 2.24) is 5.32 Å². The van der Waals surface area contributed by atoms with E-state index in [1.54, 1.807) is 0 Å². The summed E-state index contributed by atoms with van der Waals surface area (Å²) in [5.74, 6) is -0.482. The molecule has 1 aliphatic carbocycles. The monoisotopic (exact) mass is 260 g/mol. The van der Waals surface area contributed by atoms with Gasteiger partial charge in [-0.15, -0.1) is 0 Å². The number of hydrogen-bond donors (Lipinski definition) is 2. The normalized spacial score (nSPS) is 29.8. The number of nitrogens with one attached hydrogen (secondary N) is 1. The van der Waals surface area contributed by atoms with E-state index in [2.05, 4.69) is 26.1 Å². The molecule has 0 radical (unpaired) electrons. The van der Waals surface area contributed by atoms with E-state index in [0.717, 1.165) is 25.8 Å². The number of rotatable bonds is 5. The summed E-state index contributed by atoms with van der Waals surface area (Å²) in [6.45, 7) is 7.32. The molecule has 0 aromatic rings. The molecule has 1 rings (SSSR count). The molecule has 1 amide bonds. The molecular formula is C12H24N2O2S. The van der Waals surface area contributed by atoms with E-state index in [1.807, 2.05) is 0 Å². The van der Waals surface area contributed by atoms with Gasteiger partial charge in [0.2, 0.25) is 5.91 Å². The summed E-state index contributed by atoms with van der Waals surface area (Å²) in [5.41, 5.74) is 5.27. The van der Waals surface area contributed by atoms with Gasteiger partial charge < -0.3 is 11.1 Å². The molecular weight excluding hydrogens is 236 g/mol. The Morgan fingerprint density at radius 2 is 2.18 bits per heavy atom. The molecule has 5 heteroatoms. The van der Waals surface area contributed by atoms with Crippen LogP contribution in [0.5, 0.6) is 0 Å². The average molecular weight is 260 g/mol. The van der Waals surface area contributed by atoms with Crippen LogP contribution in [0.2, 0.25) is 0 Å². The number of primary amides is 1. The lowest BCUT2D eigenvalue weighted by Crippen LogP contribution is -2.54. The highest BCUT2D eigenvalue weighted by molar-refractivity contribution is 7.86. The Morgan fingerprint density at radius 3 is 2.71 bits per heavy atom. The molecule has 0 heterocycles. The molecule has 17 heavy (non-hydrogen) atoms. The maximum atomic E-state index is 12.2. The summed E-state index contributed by atoms with van der Waals surface area (Å²) in [4.78, 5) is 10.9. The van der Waals surface area contributed by atoms with Crippen molar-refractivity contribution in [2.24, 2.45) is 11.1 Å². The van der Waals surface area contributed by atoms with Crippen LogP contribution in [0, 0.1) is 5.41 Å². The number of amides is 1. The summed E-state index contributed by atoms with van der Waals surface area (Å²) < 4.78 is 12.2. The standard InChI is InChI=1S/C12H24N2O2S/c1-4-14-11-9(17(16)8-10(13)15)6-5-7-12(11,2)3/h9,11,14H,4-8H2,1-3H3,(H2,13,15). The molecule has 0 saturated heterocycles. The number of nitrogens with two attached hydrogens (primary N) is 1. The van der Waals surface area contributed by atoms with E-state index in [0.29, 0.717) is 0 Å². The van der Waals surface area contributed by atoms with Crippen molar-refractivity contribution in [3.63, 3.8) is 0 Å². The van der Waals surface area contributed by atoms with Gasteiger partial charge >= 0.3 is 0 Å². The minimum atomic E-state index is -1.15. The lowest BCUT2D eigenvalue weighted by Gasteiger charge is -2.44. The Hall–Kier alpha value is -0.420. The fraction of sp³-hybridized carbons (Fsp3) is 0.917. The molecule has 4 nitrogen and oxygen atoms in total. The van der Waals surface area contributed by atoms with Crippen LogP contribution in [-0.2, 0) is 15.6 Å². The van der Waals surface area contributed by atoms with Crippen molar-refractivity contribution in [1.29, 1.82) is 0 Å². The van der Waals surface area contributed by atoms with E-state index in [4.69, 9.17) is 5.73 Å². The van der Waals surface area contributed by atoms with Crippen LogP contribution in [0.25, 0.3) is 0 Å². The highest BCUT2D eigenvalue weighted by atomic mass is 32.2. The molecule has 0 aliphatic heterocycles. The Labute approximate surface area is 106 Å². The highest BCUT2D eigenvalue weighted by Gasteiger charge is 2.41. The number of carbonyl (C=O) groups is 1. The molecule has 1 saturated carbocycles. The first-order valence-corrected chi connectivity index (χ1v) is 7.65. The third kappa shape index (κ3) is 3.78. The highest BCUT2D eigenvalue weighted by Crippen LogP contribution is 2.37. The zero-order chi connectivity index (χ0) is 13.1. The first kappa shape index (κ1) is 14.6. The molecule has 0 aromatic carbocycles. The van der Waals surface area contributed by atoms with Crippen LogP contribution in [0.4, 0.5) is 0 Å². The van der Waals surface area contributed by atoms with E-state index in [9.17, 15) is 9.00 Å². The van der Waals surface area contributed by atoms with Crippen LogP contribution < -0.4 is 11.1 Å². The maximum absolute atomic E-state index is 12.2. The van der Waals surface area contributed by atoms with E-state index >= 15 is 0 Å². The van der Waals surface area contributed by atoms with Gasteiger partial charge in [-0.25, -0.2) is 0 Å². The molecule has 1 fully saturated rings. The van der Waals surface area contributed by atoms with Crippen LogP contribution in [0.1, 0.15) is 40.0 Å². The average Bonchev–Trinajstić information content (AvgIpc) is 2.19. The van der Waals surface area contributed by atoms with Crippen molar-refractivity contribution in [2.45, 2.75) is 51.3 Å². The van der Waals surface area contributed by atoms with Crippen LogP contribution in [0.3, 0.4) is 0 Å². The van der Waals surface area contributed by atoms with Gasteiger partial charge in [-0.3, -0.25) is 9.00 Å². The molecule has 100 valence electrons. The van der Waals surface area contributed by atoms with Crippen molar-refractivity contribution in [3.8, 4) is 0 Å². The SMILES string of the molecule is CCNC1C(S(=O)CC(N)=O)CCCC1(C)C. The van der Waals surface area contributed by atoms with Gasteiger partial charge in [0.15, 0.2) is 0 Å². The van der Waals surface area contributed by atoms with Gasteiger partial charge in [-0.1, -0.05) is 27.2 Å². The van der Waals surface area contributed by atoms with Crippen LogP contribution in [-0.4, -0.2) is 33.7 Å². The van der Waals surface area contributed by atoms with Gasteiger partial charge in [-0.05, 0) is 24.8 Å². The molecule has 3 atom stereocenters. The second-order valence-electron chi connectivity index (χ2n) is 5.45. The lowest BCUT2D eigenvalue weighted by molar-refractivity contribution is -0.115. The lowest BCUT2D eigenvalue weighted by atomic mass is 9.73. The number of carbonyl (C=O) groups excluding carboxylic acids is 1. The molecule has 3 unspecified atom stereocenters. The van der Waals surface area contributed by atoms with Crippen LogP contribution in [0.15, 0.2) is 0 Å². The van der Waals surface area contributed by atoms with Gasteiger partial charge in [0, 0.05) is 16.8 Å². The van der Waals surface area contributed by atoms with Gasteiger partial charge in [0.05, 0.1) is 5.25 Å². The van der Waals surface area contributed by atoms with Crippen LogP contribution >= 0.6 is 0 Å². The summed E-state index contributed by atoms with van der Waals surface area (Å²) in [7, 11) is -1.15. The maximum Gasteiger partial charge on any atom is 0.230 e. The van der Waals surface area contributed by atoms with Crippen molar-refractivity contribution >= 4 is 16.7 Å².